The Bertz CT molecular complexity index is 885. The summed E-state index contributed by atoms with van der Waals surface area (Å²) >= 11 is 0. The van der Waals surface area contributed by atoms with Gasteiger partial charge in [0.2, 0.25) is 5.91 Å². The molecule has 2 aromatic rings. The van der Waals surface area contributed by atoms with E-state index in [0.29, 0.717) is 19.5 Å². The Morgan fingerprint density at radius 2 is 2.04 bits per heavy atom. The van der Waals surface area contributed by atoms with Crippen molar-refractivity contribution in [1.29, 1.82) is 0 Å². The van der Waals surface area contributed by atoms with Crippen LogP contribution in [0.2, 0.25) is 0 Å². The number of nitrogens with one attached hydrogen (secondary N) is 1. The number of amides is 2. The van der Waals surface area contributed by atoms with E-state index in [0.717, 1.165) is 12.0 Å². The molecule has 1 aliphatic rings. The number of benzene rings is 2. The zero-order valence-electron chi connectivity index (χ0n) is 15.5. The average molecular weight is 383 g/mol. The number of hydrogen-bond donors (Lipinski definition) is 1. The maximum atomic E-state index is 12.8. The molecule has 8 heteroatoms. The van der Waals surface area contributed by atoms with E-state index in [4.69, 9.17) is 4.74 Å². The number of hydrogen-bond acceptors (Lipinski definition) is 5. The van der Waals surface area contributed by atoms with Gasteiger partial charge in [-0.3, -0.25) is 19.7 Å². The first-order valence-electron chi connectivity index (χ1n) is 8.95. The van der Waals surface area contributed by atoms with Crippen molar-refractivity contribution in [1.82, 2.24) is 10.2 Å². The van der Waals surface area contributed by atoms with Crippen LogP contribution in [0.25, 0.3) is 0 Å². The number of nitro benzene ring substituents is 1. The van der Waals surface area contributed by atoms with Crippen LogP contribution < -0.4 is 10.1 Å². The number of non-ortho nitro benzene ring substituents is 1. The quantitative estimate of drug-likeness (QED) is 0.585. The molecule has 146 valence electrons. The molecule has 1 heterocycles. The molecule has 1 unspecified atom stereocenters. The summed E-state index contributed by atoms with van der Waals surface area (Å²) in [5, 5.41) is 14.0. The van der Waals surface area contributed by atoms with Gasteiger partial charge in [-0.15, -0.1) is 0 Å². The molecule has 2 amide bonds. The smallest absolute Gasteiger partial charge is 0.273 e. The second-order valence-electron chi connectivity index (χ2n) is 6.56. The highest BCUT2D eigenvalue weighted by molar-refractivity contribution is 5.95. The fourth-order valence-electron chi connectivity index (χ4n) is 3.22. The van der Waals surface area contributed by atoms with Gasteiger partial charge in [-0.25, -0.2) is 0 Å². The number of carbonyl (C=O) groups is 2. The summed E-state index contributed by atoms with van der Waals surface area (Å²) in [6.45, 7) is 1.00. The van der Waals surface area contributed by atoms with Crippen LogP contribution in [-0.4, -0.2) is 41.8 Å². The second-order valence-corrected chi connectivity index (χ2v) is 6.56. The Hall–Kier alpha value is -3.42. The van der Waals surface area contributed by atoms with E-state index in [-0.39, 0.29) is 22.9 Å². The third-order valence-electron chi connectivity index (χ3n) is 4.68. The van der Waals surface area contributed by atoms with Gasteiger partial charge in [0.25, 0.3) is 11.6 Å². The van der Waals surface area contributed by atoms with Crippen LogP contribution in [0.4, 0.5) is 5.69 Å². The van der Waals surface area contributed by atoms with Crippen LogP contribution in [0.15, 0.2) is 48.5 Å². The number of methoxy groups -OCH3 is 1. The number of nitrogens with zero attached hydrogens (tertiary/aromatic N) is 2. The van der Waals surface area contributed by atoms with Gasteiger partial charge in [-0.05, 0) is 18.1 Å². The third-order valence-corrected chi connectivity index (χ3v) is 4.68. The first-order valence-corrected chi connectivity index (χ1v) is 8.95. The Balaban J connectivity index is 1.85. The van der Waals surface area contributed by atoms with E-state index in [1.807, 2.05) is 30.3 Å². The van der Waals surface area contributed by atoms with Crippen molar-refractivity contribution < 1.29 is 19.2 Å². The molecule has 1 saturated heterocycles. The topological polar surface area (TPSA) is 102 Å². The normalized spacial score (nSPS) is 14.6. The molecule has 1 atom stereocenters. The predicted octanol–water partition coefficient (Wildman–Crippen LogP) is 2.70. The third kappa shape index (κ3) is 4.46. The molecule has 0 bridgehead atoms. The van der Waals surface area contributed by atoms with Crippen molar-refractivity contribution >= 4 is 17.5 Å². The molecule has 0 aliphatic carbocycles. The van der Waals surface area contributed by atoms with Crippen molar-refractivity contribution in [2.24, 2.45) is 0 Å². The minimum atomic E-state index is -0.573. The summed E-state index contributed by atoms with van der Waals surface area (Å²) in [6, 6.07) is 12.8. The SMILES string of the molecule is COc1cc(C(=O)NC(CN2CCCC2=O)c2ccccc2)cc([N+](=O)[O-])c1. The molecule has 1 aliphatic heterocycles. The number of likely N-dealkylation sites (tertiary alicyclic amines) is 1. The Morgan fingerprint density at radius 1 is 1.29 bits per heavy atom. The van der Waals surface area contributed by atoms with Gasteiger partial charge in [-0.2, -0.15) is 0 Å². The molecular weight excluding hydrogens is 362 g/mol. The molecule has 28 heavy (non-hydrogen) atoms. The number of carbonyl (C=O) groups excluding carboxylic acids is 2. The molecule has 2 aromatic carbocycles. The van der Waals surface area contributed by atoms with Crippen LogP contribution in [0.3, 0.4) is 0 Å². The second kappa shape index (κ2) is 8.51. The first-order chi connectivity index (χ1) is 13.5. The summed E-state index contributed by atoms with van der Waals surface area (Å²) in [5.74, 6) is -0.181. The molecular formula is C20H21N3O5. The molecule has 3 rings (SSSR count). The van der Waals surface area contributed by atoms with Gasteiger partial charge in [0.05, 0.1) is 24.1 Å². The zero-order chi connectivity index (χ0) is 20.1. The van der Waals surface area contributed by atoms with E-state index in [1.54, 1.807) is 4.90 Å². The van der Waals surface area contributed by atoms with Crippen molar-refractivity contribution in [2.45, 2.75) is 18.9 Å². The number of rotatable bonds is 7. The summed E-state index contributed by atoms with van der Waals surface area (Å²) in [5.41, 5.74) is 0.753. The van der Waals surface area contributed by atoms with Crippen LogP contribution >= 0.6 is 0 Å². The fourth-order valence-corrected chi connectivity index (χ4v) is 3.22. The van der Waals surface area contributed by atoms with Crippen molar-refractivity contribution in [3.63, 3.8) is 0 Å². The lowest BCUT2D eigenvalue weighted by Crippen LogP contribution is -2.38. The van der Waals surface area contributed by atoms with Crippen LogP contribution in [-0.2, 0) is 4.79 Å². The van der Waals surface area contributed by atoms with Crippen LogP contribution in [0.1, 0.15) is 34.8 Å². The van der Waals surface area contributed by atoms with Gasteiger partial charge in [0.1, 0.15) is 5.75 Å². The highest BCUT2D eigenvalue weighted by atomic mass is 16.6. The largest absolute Gasteiger partial charge is 0.496 e. The van der Waals surface area contributed by atoms with Gasteiger partial charge in [-0.1, -0.05) is 30.3 Å². The average Bonchev–Trinajstić information content (AvgIpc) is 3.12. The minimum Gasteiger partial charge on any atom is -0.496 e. The minimum absolute atomic E-state index is 0.0622. The van der Waals surface area contributed by atoms with Gasteiger partial charge < -0.3 is 15.0 Å². The van der Waals surface area contributed by atoms with Crippen LogP contribution in [0, 0.1) is 10.1 Å². The molecule has 0 spiro atoms. The monoisotopic (exact) mass is 383 g/mol. The predicted molar refractivity (Wildman–Crippen MR) is 102 cm³/mol. The lowest BCUT2D eigenvalue weighted by molar-refractivity contribution is -0.385. The van der Waals surface area contributed by atoms with Gasteiger partial charge in [0.15, 0.2) is 0 Å². The summed E-state index contributed by atoms with van der Waals surface area (Å²) in [7, 11) is 1.38. The highest BCUT2D eigenvalue weighted by Gasteiger charge is 2.26. The zero-order valence-corrected chi connectivity index (χ0v) is 15.5. The molecule has 1 N–H and O–H groups in total. The van der Waals surface area contributed by atoms with E-state index >= 15 is 0 Å². The molecule has 8 nitrogen and oxygen atoms in total. The fraction of sp³-hybridized carbons (Fsp3) is 0.300. The van der Waals surface area contributed by atoms with Gasteiger partial charge in [0, 0.05) is 31.1 Å². The Labute approximate surface area is 162 Å². The summed E-state index contributed by atoms with van der Waals surface area (Å²) in [4.78, 5) is 37.1. The molecule has 0 saturated carbocycles. The Morgan fingerprint density at radius 3 is 2.64 bits per heavy atom. The molecule has 0 aromatic heterocycles. The summed E-state index contributed by atoms with van der Waals surface area (Å²) < 4.78 is 5.07. The first kappa shape index (κ1) is 19.3. The van der Waals surface area contributed by atoms with E-state index in [2.05, 4.69) is 5.32 Å². The van der Waals surface area contributed by atoms with E-state index in [1.165, 1.54) is 25.3 Å². The highest BCUT2D eigenvalue weighted by Crippen LogP contribution is 2.24. The number of ether oxygens (including phenoxy) is 1. The summed E-state index contributed by atoms with van der Waals surface area (Å²) in [6.07, 6.45) is 1.31. The van der Waals surface area contributed by atoms with Crippen molar-refractivity contribution in [3.05, 3.63) is 69.8 Å². The van der Waals surface area contributed by atoms with Crippen molar-refractivity contribution in [2.75, 3.05) is 20.2 Å². The maximum absolute atomic E-state index is 12.8. The van der Waals surface area contributed by atoms with E-state index < -0.39 is 16.9 Å². The Kier molecular flexibility index (Phi) is 5.88. The van der Waals surface area contributed by atoms with Crippen molar-refractivity contribution in [3.8, 4) is 5.75 Å². The van der Waals surface area contributed by atoms with Crippen LogP contribution in [0.5, 0.6) is 5.75 Å². The van der Waals surface area contributed by atoms with Gasteiger partial charge >= 0.3 is 0 Å². The lowest BCUT2D eigenvalue weighted by Gasteiger charge is -2.25. The maximum Gasteiger partial charge on any atom is 0.273 e. The lowest BCUT2D eigenvalue weighted by atomic mass is 10.1. The standard InChI is InChI=1S/C20H21N3O5/c1-28-17-11-15(10-16(12-17)23(26)27)20(25)21-18(14-6-3-2-4-7-14)13-22-9-5-8-19(22)24/h2-4,6-7,10-12,18H,5,8-9,13H2,1H3,(H,21,25). The van der Waals surface area contributed by atoms with E-state index in [9.17, 15) is 19.7 Å². The number of nitro groups is 1. The molecule has 1 fully saturated rings. The molecule has 0 radical (unpaired) electrons.